The van der Waals surface area contributed by atoms with E-state index in [2.05, 4.69) is 22.0 Å². The van der Waals surface area contributed by atoms with Crippen molar-refractivity contribution in [2.24, 2.45) is 0 Å². The first-order valence-corrected chi connectivity index (χ1v) is 5.62. The van der Waals surface area contributed by atoms with Crippen LogP contribution in [-0.2, 0) is 0 Å². The fraction of sp³-hybridized carbons (Fsp3) is 0.583. The molecule has 1 aliphatic heterocycles. The van der Waals surface area contributed by atoms with Crippen molar-refractivity contribution in [1.82, 2.24) is 9.88 Å². The minimum absolute atomic E-state index is 0.615. The van der Waals surface area contributed by atoms with Gasteiger partial charge in [-0.2, -0.15) is 0 Å². The Kier molecular flexibility index (Phi) is 2.02. The lowest BCUT2D eigenvalue weighted by atomic mass is 10.1. The molecule has 0 spiro atoms. The summed E-state index contributed by atoms with van der Waals surface area (Å²) in [5.41, 5.74) is 1.27. The van der Waals surface area contributed by atoms with Crippen LogP contribution in [0.5, 0.6) is 0 Å². The Hall–Kier alpha value is -0.890. The molecule has 0 aromatic carbocycles. The average molecular weight is 188 g/mol. The maximum atomic E-state index is 4.48. The summed E-state index contributed by atoms with van der Waals surface area (Å²) >= 11 is 0. The SMILES string of the molecule is c1ccc(C2CCCN2C2CC2)nc1. The monoisotopic (exact) mass is 188 g/mol. The predicted octanol–water partition coefficient (Wildman–Crippen LogP) is 2.38. The Morgan fingerprint density at radius 2 is 2.14 bits per heavy atom. The average Bonchev–Trinajstić information content (AvgIpc) is 2.98. The molecule has 2 fully saturated rings. The van der Waals surface area contributed by atoms with E-state index in [1.54, 1.807) is 0 Å². The van der Waals surface area contributed by atoms with Gasteiger partial charge >= 0.3 is 0 Å². The number of hydrogen-bond acceptors (Lipinski definition) is 2. The molecule has 1 unspecified atom stereocenters. The van der Waals surface area contributed by atoms with Gasteiger partial charge in [-0.25, -0.2) is 0 Å². The zero-order valence-electron chi connectivity index (χ0n) is 8.39. The second-order valence-corrected chi connectivity index (χ2v) is 4.38. The summed E-state index contributed by atoms with van der Waals surface area (Å²) in [6.45, 7) is 1.28. The van der Waals surface area contributed by atoms with Crippen molar-refractivity contribution in [3.63, 3.8) is 0 Å². The van der Waals surface area contributed by atoms with E-state index in [-0.39, 0.29) is 0 Å². The summed E-state index contributed by atoms with van der Waals surface area (Å²) < 4.78 is 0. The quantitative estimate of drug-likeness (QED) is 0.708. The summed E-state index contributed by atoms with van der Waals surface area (Å²) in [5.74, 6) is 0. The normalized spacial score (nSPS) is 28.1. The van der Waals surface area contributed by atoms with Crippen LogP contribution >= 0.6 is 0 Å². The van der Waals surface area contributed by atoms with E-state index in [1.807, 2.05) is 12.3 Å². The van der Waals surface area contributed by atoms with Crippen molar-refractivity contribution < 1.29 is 0 Å². The van der Waals surface area contributed by atoms with Crippen LogP contribution < -0.4 is 0 Å². The Balaban J connectivity index is 1.83. The molecule has 2 nitrogen and oxygen atoms in total. The highest BCUT2D eigenvalue weighted by Crippen LogP contribution is 2.39. The summed E-state index contributed by atoms with van der Waals surface area (Å²) in [4.78, 5) is 7.13. The third-order valence-corrected chi connectivity index (χ3v) is 3.34. The van der Waals surface area contributed by atoms with Crippen LogP contribution in [-0.4, -0.2) is 22.5 Å². The Bertz CT molecular complexity index is 305. The van der Waals surface area contributed by atoms with E-state index in [1.165, 1.54) is 37.9 Å². The van der Waals surface area contributed by atoms with Crippen molar-refractivity contribution in [1.29, 1.82) is 0 Å². The molecule has 2 heteroatoms. The molecule has 2 heterocycles. The van der Waals surface area contributed by atoms with Gasteiger partial charge in [-0.15, -0.1) is 0 Å². The molecule has 0 radical (unpaired) electrons. The summed E-state index contributed by atoms with van der Waals surface area (Å²) in [6.07, 6.45) is 7.37. The number of pyridine rings is 1. The van der Waals surface area contributed by atoms with Gasteiger partial charge in [0.05, 0.1) is 11.7 Å². The fourth-order valence-corrected chi connectivity index (χ4v) is 2.52. The third kappa shape index (κ3) is 1.44. The van der Waals surface area contributed by atoms with Crippen LogP contribution in [0.1, 0.15) is 37.4 Å². The van der Waals surface area contributed by atoms with Crippen LogP contribution in [0.15, 0.2) is 24.4 Å². The summed E-state index contributed by atoms with van der Waals surface area (Å²) in [6, 6.07) is 7.77. The van der Waals surface area contributed by atoms with Crippen LogP contribution in [0.2, 0.25) is 0 Å². The van der Waals surface area contributed by atoms with E-state index < -0.39 is 0 Å². The lowest BCUT2D eigenvalue weighted by molar-refractivity contribution is 0.242. The fourth-order valence-electron chi connectivity index (χ4n) is 2.52. The molecule has 14 heavy (non-hydrogen) atoms. The summed E-state index contributed by atoms with van der Waals surface area (Å²) in [7, 11) is 0. The number of hydrogen-bond donors (Lipinski definition) is 0. The molecule has 74 valence electrons. The Morgan fingerprint density at radius 3 is 2.86 bits per heavy atom. The van der Waals surface area contributed by atoms with Crippen molar-refractivity contribution in [3.8, 4) is 0 Å². The molecule has 0 bridgehead atoms. The maximum Gasteiger partial charge on any atom is 0.0575 e. The highest BCUT2D eigenvalue weighted by Gasteiger charge is 2.37. The molecular weight excluding hydrogens is 172 g/mol. The zero-order chi connectivity index (χ0) is 9.38. The highest BCUT2D eigenvalue weighted by atomic mass is 15.2. The van der Waals surface area contributed by atoms with E-state index in [0.29, 0.717) is 6.04 Å². The minimum atomic E-state index is 0.615. The van der Waals surface area contributed by atoms with Crippen LogP contribution in [0, 0.1) is 0 Å². The Labute approximate surface area is 85.0 Å². The maximum absolute atomic E-state index is 4.48. The van der Waals surface area contributed by atoms with Gasteiger partial charge in [-0.1, -0.05) is 6.07 Å². The lowest BCUT2D eigenvalue weighted by Crippen LogP contribution is -2.25. The second-order valence-electron chi connectivity index (χ2n) is 4.38. The predicted molar refractivity (Wildman–Crippen MR) is 55.9 cm³/mol. The first-order valence-electron chi connectivity index (χ1n) is 5.62. The molecule has 1 saturated carbocycles. The minimum Gasteiger partial charge on any atom is -0.292 e. The van der Waals surface area contributed by atoms with Crippen molar-refractivity contribution >= 4 is 0 Å². The molecule has 1 saturated heterocycles. The molecule has 1 aromatic heterocycles. The molecule has 3 rings (SSSR count). The van der Waals surface area contributed by atoms with E-state index in [0.717, 1.165) is 6.04 Å². The molecule has 1 aromatic rings. The lowest BCUT2D eigenvalue weighted by Gasteiger charge is -2.23. The largest absolute Gasteiger partial charge is 0.292 e. The molecule has 0 N–H and O–H groups in total. The van der Waals surface area contributed by atoms with Crippen LogP contribution in [0.4, 0.5) is 0 Å². The van der Waals surface area contributed by atoms with Gasteiger partial charge in [-0.3, -0.25) is 9.88 Å². The van der Waals surface area contributed by atoms with E-state index >= 15 is 0 Å². The molecule has 1 aliphatic carbocycles. The van der Waals surface area contributed by atoms with Gasteiger partial charge in [0.25, 0.3) is 0 Å². The second kappa shape index (κ2) is 3.35. The first kappa shape index (κ1) is 8.42. The van der Waals surface area contributed by atoms with Crippen LogP contribution in [0.25, 0.3) is 0 Å². The molecule has 0 amide bonds. The number of likely N-dealkylation sites (tertiary alicyclic amines) is 1. The molecular formula is C12H16N2. The van der Waals surface area contributed by atoms with Crippen molar-refractivity contribution in [2.75, 3.05) is 6.54 Å². The van der Waals surface area contributed by atoms with E-state index in [4.69, 9.17) is 0 Å². The van der Waals surface area contributed by atoms with Gasteiger partial charge in [0, 0.05) is 12.2 Å². The topological polar surface area (TPSA) is 16.1 Å². The number of rotatable bonds is 2. The Morgan fingerprint density at radius 1 is 1.21 bits per heavy atom. The van der Waals surface area contributed by atoms with Crippen molar-refractivity contribution in [2.45, 2.75) is 37.8 Å². The number of aromatic nitrogens is 1. The van der Waals surface area contributed by atoms with Crippen LogP contribution in [0.3, 0.4) is 0 Å². The first-order chi connectivity index (χ1) is 6.95. The van der Waals surface area contributed by atoms with Gasteiger partial charge in [0.2, 0.25) is 0 Å². The summed E-state index contributed by atoms with van der Waals surface area (Å²) in [5, 5.41) is 0. The zero-order valence-corrected chi connectivity index (χ0v) is 8.39. The molecule has 1 atom stereocenters. The third-order valence-electron chi connectivity index (χ3n) is 3.34. The van der Waals surface area contributed by atoms with E-state index in [9.17, 15) is 0 Å². The highest BCUT2D eigenvalue weighted by molar-refractivity contribution is 5.12. The van der Waals surface area contributed by atoms with Crippen molar-refractivity contribution in [3.05, 3.63) is 30.1 Å². The standard InChI is InChI=1S/C12H16N2/c1-2-8-13-11(4-1)12-5-3-9-14(12)10-6-7-10/h1-2,4,8,10,12H,3,5-7,9H2. The van der Waals surface area contributed by atoms with Gasteiger partial charge in [-0.05, 0) is 44.4 Å². The van der Waals surface area contributed by atoms with Gasteiger partial charge in [0.15, 0.2) is 0 Å². The smallest absolute Gasteiger partial charge is 0.0575 e. The van der Waals surface area contributed by atoms with Gasteiger partial charge in [0.1, 0.15) is 0 Å². The van der Waals surface area contributed by atoms with Gasteiger partial charge < -0.3 is 0 Å². The number of nitrogens with zero attached hydrogens (tertiary/aromatic N) is 2. The molecule has 2 aliphatic rings.